The molecule has 0 aliphatic carbocycles. The highest BCUT2D eigenvalue weighted by atomic mass is 32.2. The van der Waals surface area contributed by atoms with Crippen molar-refractivity contribution < 1.29 is 4.79 Å². The molecule has 1 fully saturated rings. The van der Waals surface area contributed by atoms with E-state index in [0.717, 1.165) is 18.6 Å². The Kier molecular flexibility index (Phi) is 3.99. The second-order valence-corrected chi connectivity index (χ2v) is 5.20. The first-order valence-electron chi connectivity index (χ1n) is 5.58. The maximum atomic E-state index is 11.9. The van der Waals surface area contributed by atoms with Crippen molar-refractivity contribution in [2.24, 2.45) is 0 Å². The Morgan fingerprint density at radius 3 is 3.00 bits per heavy atom. The van der Waals surface area contributed by atoms with Crippen LogP contribution in [0.3, 0.4) is 0 Å². The number of thioether (sulfide) groups is 1. The lowest BCUT2D eigenvalue weighted by Gasteiger charge is -2.20. The lowest BCUT2D eigenvalue weighted by Crippen LogP contribution is -2.27. The van der Waals surface area contributed by atoms with Crippen LogP contribution < -0.4 is 5.32 Å². The molecular weight excluding hydrogens is 234 g/mol. The summed E-state index contributed by atoms with van der Waals surface area (Å²) in [5.41, 5.74) is 0.495. The molecule has 1 aromatic heterocycles. The highest BCUT2D eigenvalue weighted by Crippen LogP contribution is 2.25. The molecule has 88 valence electrons. The number of carbonyl (C=O) groups is 1. The van der Waals surface area contributed by atoms with Gasteiger partial charge in [-0.2, -0.15) is 5.26 Å². The number of hydrogen-bond donors (Lipinski definition) is 1. The molecule has 5 heteroatoms. The van der Waals surface area contributed by atoms with E-state index in [4.69, 9.17) is 5.26 Å². The van der Waals surface area contributed by atoms with Gasteiger partial charge in [0.2, 0.25) is 5.91 Å². The average Bonchev–Trinajstić information content (AvgIpc) is 2.40. The Bertz CT molecular complexity index is 432. The van der Waals surface area contributed by atoms with Gasteiger partial charge in [0.15, 0.2) is 0 Å². The van der Waals surface area contributed by atoms with E-state index in [9.17, 15) is 4.79 Å². The number of anilines is 1. The van der Waals surface area contributed by atoms with E-state index in [1.54, 1.807) is 23.9 Å². The molecule has 1 amide bonds. The maximum absolute atomic E-state index is 11.9. The minimum absolute atomic E-state index is 0.0203. The summed E-state index contributed by atoms with van der Waals surface area (Å²) >= 11 is 1.71. The van der Waals surface area contributed by atoms with Crippen LogP contribution in [0, 0.1) is 11.3 Å². The molecule has 1 aliphatic heterocycles. The van der Waals surface area contributed by atoms with Crippen LogP contribution in [0.5, 0.6) is 0 Å². The number of carbonyl (C=O) groups excluding carboxylic acids is 1. The summed E-state index contributed by atoms with van der Waals surface area (Å²) in [6.45, 7) is 0. The number of hydrogen-bond acceptors (Lipinski definition) is 4. The number of pyridine rings is 1. The highest BCUT2D eigenvalue weighted by molar-refractivity contribution is 8.00. The van der Waals surface area contributed by atoms with E-state index < -0.39 is 0 Å². The molecule has 0 saturated carbocycles. The van der Waals surface area contributed by atoms with Crippen molar-refractivity contribution in [2.45, 2.75) is 24.5 Å². The first kappa shape index (κ1) is 11.9. The predicted octanol–water partition coefficient (Wildman–Crippen LogP) is 2.18. The Morgan fingerprint density at radius 2 is 2.41 bits per heavy atom. The van der Waals surface area contributed by atoms with E-state index in [1.165, 1.54) is 12.6 Å². The quantitative estimate of drug-likeness (QED) is 0.869. The second kappa shape index (κ2) is 5.69. The van der Waals surface area contributed by atoms with Crippen LogP contribution in [-0.2, 0) is 4.79 Å². The number of aromatic nitrogens is 1. The standard InChI is InChI=1S/C12H13N3OS/c13-7-9-4-5-11(14-8-9)15-12(16)10-3-1-2-6-17-10/h4-5,8,10H,1-3,6H2,(H,14,15,16). The summed E-state index contributed by atoms with van der Waals surface area (Å²) in [5.74, 6) is 1.59. The van der Waals surface area contributed by atoms with Gasteiger partial charge in [-0.25, -0.2) is 4.98 Å². The molecule has 1 aliphatic rings. The van der Waals surface area contributed by atoms with Gasteiger partial charge in [-0.1, -0.05) is 6.42 Å². The molecule has 1 saturated heterocycles. The third kappa shape index (κ3) is 3.21. The Hall–Kier alpha value is -1.54. The van der Waals surface area contributed by atoms with E-state index in [2.05, 4.69) is 10.3 Å². The monoisotopic (exact) mass is 247 g/mol. The van der Waals surface area contributed by atoms with Crippen molar-refractivity contribution in [3.8, 4) is 6.07 Å². The fraction of sp³-hybridized carbons (Fsp3) is 0.417. The van der Waals surface area contributed by atoms with Crippen LogP contribution in [-0.4, -0.2) is 21.9 Å². The molecule has 1 unspecified atom stereocenters. The topological polar surface area (TPSA) is 65.8 Å². The summed E-state index contributed by atoms with van der Waals surface area (Å²) < 4.78 is 0. The average molecular weight is 247 g/mol. The van der Waals surface area contributed by atoms with Crippen LogP contribution in [0.1, 0.15) is 24.8 Å². The van der Waals surface area contributed by atoms with Crippen LogP contribution in [0.2, 0.25) is 0 Å². The van der Waals surface area contributed by atoms with Gasteiger partial charge in [-0.3, -0.25) is 4.79 Å². The lowest BCUT2D eigenvalue weighted by atomic mass is 10.2. The molecule has 17 heavy (non-hydrogen) atoms. The van der Waals surface area contributed by atoms with Gasteiger partial charge in [0, 0.05) is 6.20 Å². The third-order valence-electron chi connectivity index (χ3n) is 2.62. The SMILES string of the molecule is N#Cc1ccc(NC(=O)C2CCCCS2)nc1. The number of nitrogens with zero attached hydrogens (tertiary/aromatic N) is 2. The first-order valence-corrected chi connectivity index (χ1v) is 6.63. The minimum Gasteiger partial charge on any atom is -0.310 e. The van der Waals surface area contributed by atoms with Crippen LogP contribution in [0.15, 0.2) is 18.3 Å². The highest BCUT2D eigenvalue weighted by Gasteiger charge is 2.21. The largest absolute Gasteiger partial charge is 0.310 e. The number of nitrogens with one attached hydrogen (secondary N) is 1. The smallest absolute Gasteiger partial charge is 0.238 e. The van der Waals surface area contributed by atoms with Crippen molar-refractivity contribution in [1.29, 1.82) is 5.26 Å². The first-order chi connectivity index (χ1) is 8.29. The zero-order valence-corrected chi connectivity index (χ0v) is 10.2. The molecule has 1 atom stereocenters. The van der Waals surface area contributed by atoms with Gasteiger partial charge in [-0.15, -0.1) is 11.8 Å². The second-order valence-electron chi connectivity index (χ2n) is 3.89. The molecular formula is C12H13N3OS. The number of rotatable bonds is 2. The van der Waals surface area contributed by atoms with Crippen molar-refractivity contribution >= 4 is 23.5 Å². The molecule has 0 aromatic carbocycles. The molecule has 1 aromatic rings. The van der Waals surface area contributed by atoms with Gasteiger partial charge in [-0.05, 0) is 30.7 Å². The van der Waals surface area contributed by atoms with Crippen molar-refractivity contribution in [1.82, 2.24) is 4.98 Å². The van der Waals surface area contributed by atoms with Crippen molar-refractivity contribution in [3.05, 3.63) is 23.9 Å². The van der Waals surface area contributed by atoms with Gasteiger partial charge in [0.05, 0.1) is 10.8 Å². The van der Waals surface area contributed by atoms with Crippen LogP contribution in [0.4, 0.5) is 5.82 Å². The number of amides is 1. The van der Waals surface area contributed by atoms with E-state index in [1.807, 2.05) is 6.07 Å². The summed E-state index contributed by atoms with van der Waals surface area (Å²) in [5, 5.41) is 11.5. The van der Waals surface area contributed by atoms with Gasteiger partial charge in [0.25, 0.3) is 0 Å². The summed E-state index contributed by atoms with van der Waals surface area (Å²) in [7, 11) is 0. The minimum atomic E-state index is 0.0203. The molecule has 4 nitrogen and oxygen atoms in total. The van der Waals surface area contributed by atoms with Crippen molar-refractivity contribution in [3.63, 3.8) is 0 Å². The zero-order valence-electron chi connectivity index (χ0n) is 9.35. The molecule has 1 N–H and O–H groups in total. The van der Waals surface area contributed by atoms with Gasteiger partial charge in [0.1, 0.15) is 11.9 Å². The molecule has 0 spiro atoms. The fourth-order valence-corrected chi connectivity index (χ4v) is 2.89. The predicted molar refractivity (Wildman–Crippen MR) is 67.7 cm³/mol. The summed E-state index contributed by atoms with van der Waals surface area (Å²) in [6.07, 6.45) is 4.71. The molecule has 2 rings (SSSR count). The molecule has 2 heterocycles. The van der Waals surface area contributed by atoms with Crippen molar-refractivity contribution in [2.75, 3.05) is 11.1 Å². The lowest BCUT2D eigenvalue weighted by molar-refractivity contribution is -0.115. The Morgan fingerprint density at radius 1 is 1.53 bits per heavy atom. The summed E-state index contributed by atoms with van der Waals surface area (Å²) in [4.78, 5) is 15.9. The molecule has 0 bridgehead atoms. The van der Waals surface area contributed by atoms with Gasteiger partial charge < -0.3 is 5.32 Å². The van der Waals surface area contributed by atoms with E-state index in [0.29, 0.717) is 11.4 Å². The fourth-order valence-electron chi connectivity index (χ4n) is 1.69. The number of nitriles is 1. The normalized spacial score (nSPS) is 19.4. The van der Waals surface area contributed by atoms with Crippen LogP contribution >= 0.6 is 11.8 Å². The van der Waals surface area contributed by atoms with E-state index in [-0.39, 0.29) is 11.2 Å². The van der Waals surface area contributed by atoms with Crippen LogP contribution in [0.25, 0.3) is 0 Å². The Balaban J connectivity index is 1.95. The third-order valence-corrected chi connectivity index (χ3v) is 3.99. The zero-order chi connectivity index (χ0) is 12.1. The van der Waals surface area contributed by atoms with E-state index >= 15 is 0 Å². The summed E-state index contributed by atoms with van der Waals surface area (Å²) in [6, 6.07) is 5.30. The Labute approximate surface area is 104 Å². The maximum Gasteiger partial charge on any atom is 0.238 e. The molecule has 0 radical (unpaired) electrons. The van der Waals surface area contributed by atoms with Gasteiger partial charge >= 0.3 is 0 Å².